The number of amides is 1. The lowest BCUT2D eigenvalue weighted by Crippen LogP contribution is -2.37. The molecule has 0 saturated heterocycles. The van der Waals surface area contributed by atoms with Gasteiger partial charge in [-0.25, -0.2) is 0 Å². The highest BCUT2D eigenvalue weighted by molar-refractivity contribution is 7.15. The molecule has 6 heteroatoms. The van der Waals surface area contributed by atoms with Crippen LogP contribution in [-0.4, -0.2) is 28.7 Å². The van der Waals surface area contributed by atoms with Crippen molar-refractivity contribution >= 4 is 28.1 Å². The number of nitrogens with one attached hydrogen (secondary N) is 1. The van der Waals surface area contributed by atoms with Crippen LogP contribution < -0.4 is 10.2 Å². The monoisotopic (exact) mass is 288 g/mol. The average molecular weight is 288 g/mol. The minimum atomic E-state index is -0.0512. The van der Waals surface area contributed by atoms with Gasteiger partial charge in [0.15, 0.2) is 0 Å². The Morgan fingerprint density at radius 3 is 3.00 bits per heavy atom. The number of benzene rings is 1. The normalized spacial score (nSPS) is 17.1. The van der Waals surface area contributed by atoms with E-state index in [1.54, 1.807) is 0 Å². The number of carbonyl (C=O) groups excluding carboxylic acids is 1. The Labute approximate surface area is 121 Å². The molecule has 0 fully saturated rings. The van der Waals surface area contributed by atoms with Crippen molar-refractivity contribution in [1.82, 2.24) is 10.2 Å². The lowest BCUT2D eigenvalue weighted by Gasteiger charge is -2.23. The van der Waals surface area contributed by atoms with Crippen LogP contribution in [0.3, 0.4) is 0 Å². The number of fused-ring (bicyclic) bond motifs is 1. The summed E-state index contributed by atoms with van der Waals surface area (Å²) in [4.78, 5) is 14.3. The van der Waals surface area contributed by atoms with Gasteiger partial charge in [-0.3, -0.25) is 10.1 Å². The second-order valence-corrected chi connectivity index (χ2v) is 6.17. The van der Waals surface area contributed by atoms with Crippen LogP contribution in [0.4, 0.5) is 10.8 Å². The van der Waals surface area contributed by atoms with Crippen LogP contribution in [0.5, 0.6) is 0 Å². The summed E-state index contributed by atoms with van der Waals surface area (Å²) >= 11 is 1.39. The van der Waals surface area contributed by atoms with Gasteiger partial charge >= 0.3 is 0 Å². The Morgan fingerprint density at radius 2 is 2.25 bits per heavy atom. The van der Waals surface area contributed by atoms with Gasteiger partial charge < -0.3 is 4.90 Å². The van der Waals surface area contributed by atoms with E-state index in [2.05, 4.69) is 39.5 Å². The topological polar surface area (TPSA) is 58.1 Å². The zero-order chi connectivity index (χ0) is 14.1. The minimum absolute atomic E-state index is 0.0512. The SMILES string of the molecule is Cc1nnc(NC(=O)CN2c3ccccc3CC2C)s1. The molecule has 1 aromatic heterocycles. The molecular formula is C14H16N4OS. The molecule has 0 aliphatic carbocycles. The highest BCUT2D eigenvalue weighted by Crippen LogP contribution is 2.31. The minimum Gasteiger partial charge on any atom is -0.359 e. The lowest BCUT2D eigenvalue weighted by molar-refractivity contribution is -0.115. The van der Waals surface area contributed by atoms with Crippen molar-refractivity contribution < 1.29 is 4.79 Å². The van der Waals surface area contributed by atoms with Crippen LogP contribution in [0.25, 0.3) is 0 Å². The fourth-order valence-corrected chi connectivity index (χ4v) is 3.14. The molecule has 3 rings (SSSR count). The van der Waals surface area contributed by atoms with E-state index >= 15 is 0 Å². The second-order valence-electron chi connectivity index (χ2n) is 4.98. The molecular weight excluding hydrogens is 272 g/mol. The van der Waals surface area contributed by atoms with Gasteiger partial charge in [-0.15, -0.1) is 10.2 Å². The van der Waals surface area contributed by atoms with E-state index in [9.17, 15) is 4.79 Å². The van der Waals surface area contributed by atoms with Crippen molar-refractivity contribution in [2.75, 3.05) is 16.8 Å². The fraction of sp³-hybridized carbons (Fsp3) is 0.357. The number of carbonyl (C=O) groups is 1. The van der Waals surface area contributed by atoms with Crippen LogP contribution in [0, 0.1) is 6.92 Å². The van der Waals surface area contributed by atoms with Crippen molar-refractivity contribution in [1.29, 1.82) is 0 Å². The summed E-state index contributed by atoms with van der Waals surface area (Å²) in [5.74, 6) is -0.0512. The fourth-order valence-electron chi connectivity index (χ4n) is 2.53. The molecule has 0 radical (unpaired) electrons. The van der Waals surface area contributed by atoms with E-state index in [0.29, 0.717) is 17.7 Å². The maximum atomic E-state index is 12.1. The molecule has 1 amide bonds. The Morgan fingerprint density at radius 1 is 1.45 bits per heavy atom. The van der Waals surface area contributed by atoms with Crippen molar-refractivity contribution in [2.24, 2.45) is 0 Å². The summed E-state index contributed by atoms with van der Waals surface area (Å²) in [7, 11) is 0. The van der Waals surface area contributed by atoms with E-state index in [1.165, 1.54) is 16.9 Å². The van der Waals surface area contributed by atoms with Gasteiger partial charge in [0, 0.05) is 11.7 Å². The third-order valence-corrected chi connectivity index (χ3v) is 4.19. The summed E-state index contributed by atoms with van der Waals surface area (Å²) < 4.78 is 0. The maximum Gasteiger partial charge on any atom is 0.245 e. The van der Waals surface area contributed by atoms with E-state index in [0.717, 1.165) is 17.1 Å². The van der Waals surface area contributed by atoms with Gasteiger partial charge in [0.25, 0.3) is 0 Å². The van der Waals surface area contributed by atoms with E-state index in [4.69, 9.17) is 0 Å². The van der Waals surface area contributed by atoms with Crippen molar-refractivity contribution in [2.45, 2.75) is 26.3 Å². The molecule has 1 atom stereocenters. The molecule has 1 unspecified atom stereocenters. The van der Waals surface area contributed by atoms with Gasteiger partial charge in [0.05, 0.1) is 6.54 Å². The summed E-state index contributed by atoms with van der Waals surface area (Å²) in [6, 6.07) is 8.59. The number of rotatable bonds is 3. The number of hydrogen-bond donors (Lipinski definition) is 1. The second kappa shape index (κ2) is 5.20. The van der Waals surface area contributed by atoms with Crippen LogP contribution in [0.15, 0.2) is 24.3 Å². The number of hydrogen-bond acceptors (Lipinski definition) is 5. The van der Waals surface area contributed by atoms with Crippen LogP contribution in [0.2, 0.25) is 0 Å². The number of aryl methyl sites for hydroxylation is 1. The van der Waals surface area contributed by atoms with Crippen LogP contribution >= 0.6 is 11.3 Å². The maximum absolute atomic E-state index is 12.1. The number of aromatic nitrogens is 2. The molecule has 1 aromatic carbocycles. The third-order valence-electron chi connectivity index (χ3n) is 3.43. The molecule has 0 spiro atoms. The summed E-state index contributed by atoms with van der Waals surface area (Å²) in [6.45, 7) is 4.35. The van der Waals surface area contributed by atoms with Gasteiger partial charge in [-0.2, -0.15) is 0 Å². The summed E-state index contributed by atoms with van der Waals surface area (Å²) in [6.07, 6.45) is 0.987. The van der Waals surface area contributed by atoms with Crippen molar-refractivity contribution in [3.05, 3.63) is 34.8 Å². The number of para-hydroxylation sites is 1. The lowest BCUT2D eigenvalue weighted by atomic mass is 10.1. The molecule has 1 aliphatic heterocycles. The first-order valence-corrected chi connectivity index (χ1v) is 7.39. The Balaban J connectivity index is 1.70. The standard InChI is InChI=1S/C14H16N4OS/c1-9-7-11-5-3-4-6-12(11)18(9)8-13(19)15-14-17-16-10(2)20-14/h3-6,9H,7-8H2,1-2H3,(H,15,17,19). The van der Waals surface area contributed by atoms with Crippen molar-refractivity contribution in [3.63, 3.8) is 0 Å². The molecule has 20 heavy (non-hydrogen) atoms. The molecule has 1 N–H and O–H groups in total. The molecule has 0 saturated carbocycles. The van der Waals surface area contributed by atoms with Crippen LogP contribution in [-0.2, 0) is 11.2 Å². The molecule has 1 aliphatic rings. The van der Waals surface area contributed by atoms with Crippen LogP contribution in [0.1, 0.15) is 17.5 Å². The molecule has 2 aromatic rings. The Kier molecular flexibility index (Phi) is 3.40. The first kappa shape index (κ1) is 13.1. The first-order chi connectivity index (χ1) is 9.63. The molecule has 5 nitrogen and oxygen atoms in total. The van der Waals surface area contributed by atoms with E-state index < -0.39 is 0 Å². The zero-order valence-corrected chi connectivity index (χ0v) is 12.3. The quantitative estimate of drug-likeness (QED) is 0.941. The predicted octanol–water partition coefficient (Wildman–Crippen LogP) is 2.24. The summed E-state index contributed by atoms with van der Waals surface area (Å²) in [5.41, 5.74) is 2.46. The number of nitrogens with zero attached hydrogens (tertiary/aromatic N) is 3. The number of anilines is 2. The zero-order valence-electron chi connectivity index (χ0n) is 11.5. The Hall–Kier alpha value is -1.95. The third kappa shape index (κ3) is 2.51. The van der Waals surface area contributed by atoms with Gasteiger partial charge in [0.1, 0.15) is 5.01 Å². The highest BCUT2D eigenvalue weighted by atomic mass is 32.1. The molecule has 2 heterocycles. The largest absolute Gasteiger partial charge is 0.359 e. The van der Waals surface area contributed by atoms with Gasteiger partial charge in [0.2, 0.25) is 11.0 Å². The average Bonchev–Trinajstić information content (AvgIpc) is 2.94. The summed E-state index contributed by atoms with van der Waals surface area (Å²) in [5, 5.41) is 12.0. The van der Waals surface area contributed by atoms with Gasteiger partial charge in [-0.05, 0) is 31.9 Å². The molecule has 0 bridgehead atoms. The predicted molar refractivity (Wildman–Crippen MR) is 80.2 cm³/mol. The Bertz CT molecular complexity index is 640. The highest BCUT2D eigenvalue weighted by Gasteiger charge is 2.27. The molecule has 104 valence electrons. The smallest absolute Gasteiger partial charge is 0.245 e. The van der Waals surface area contributed by atoms with Crippen molar-refractivity contribution in [3.8, 4) is 0 Å². The van der Waals surface area contributed by atoms with E-state index in [-0.39, 0.29) is 5.91 Å². The van der Waals surface area contributed by atoms with Gasteiger partial charge in [-0.1, -0.05) is 29.5 Å². The van der Waals surface area contributed by atoms with E-state index in [1.807, 2.05) is 19.1 Å². The first-order valence-electron chi connectivity index (χ1n) is 6.58.